The highest BCUT2D eigenvalue weighted by molar-refractivity contribution is 6.07. The van der Waals surface area contributed by atoms with Crippen LogP contribution in [0.5, 0.6) is 5.75 Å². The van der Waals surface area contributed by atoms with Gasteiger partial charge in [0.05, 0.1) is 5.56 Å². The van der Waals surface area contributed by atoms with E-state index < -0.39 is 0 Å². The first kappa shape index (κ1) is 13.4. The Morgan fingerprint density at radius 3 is 2.33 bits per heavy atom. The van der Waals surface area contributed by atoms with Crippen molar-refractivity contribution in [1.82, 2.24) is 0 Å². The lowest BCUT2D eigenvalue weighted by Gasteiger charge is -2.13. The summed E-state index contributed by atoms with van der Waals surface area (Å²) in [6, 6.07) is 20.7. The van der Waals surface area contributed by atoms with Gasteiger partial charge in [0.2, 0.25) is 0 Å². The predicted molar refractivity (Wildman–Crippen MR) is 84.8 cm³/mol. The van der Waals surface area contributed by atoms with E-state index in [1.807, 2.05) is 67.6 Å². The normalized spacial score (nSPS) is 12.2. The standard InChI is InChI=1S/C19H16O2/c1-13(14-7-3-2-4-8-14)18(20)17-12-11-15-9-5-6-10-16(15)19(17)21/h2-13,21H,1H3. The molecule has 1 unspecified atom stereocenters. The van der Waals surface area contributed by atoms with Crippen LogP contribution in [-0.2, 0) is 0 Å². The fourth-order valence-electron chi connectivity index (χ4n) is 2.58. The van der Waals surface area contributed by atoms with Crippen LogP contribution in [-0.4, -0.2) is 10.9 Å². The highest BCUT2D eigenvalue weighted by Crippen LogP contribution is 2.32. The van der Waals surface area contributed by atoms with Crippen LogP contribution in [0, 0.1) is 0 Å². The Bertz CT molecular complexity index is 791. The molecule has 21 heavy (non-hydrogen) atoms. The number of hydrogen-bond donors (Lipinski definition) is 1. The Morgan fingerprint density at radius 1 is 0.905 bits per heavy atom. The third-order valence-corrected chi connectivity index (χ3v) is 3.86. The molecule has 2 nitrogen and oxygen atoms in total. The minimum atomic E-state index is -0.279. The third kappa shape index (κ3) is 2.40. The van der Waals surface area contributed by atoms with Gasteiger partial charge < -0.3 is 5.11 Å². The summed E-state index contributed by atoms with van der Waals surface area (Å²) in [7, 11) is 0. The van der Waals surface area contributed by atoms with Crippen LogP contribution in [0.3, 0.4) is 0 Å². The van der Waals surface area contributed by atoms with Crippen molar-refractivity contribution in [3.8, 4) is 5.75 Å². The van der Waals surface area contributed by atoms with Crippen LogP contribution in [0.2, 0.25) is 0 Å². The molecule has 0 spiro atoms. The summed E-state index contributed by atoms with van der Waals surface area (Å²) in [5.74, 6) is -0.274. The lowest BCUT2D eigenvalue weighted by molar-refractivity contribution is 0.0963. The van der Waals surface area contributed by atoms with E-state index in [-0.39, 0.29) is 17.5 Å². The molecule has 0 aliphatic heterocycles. The van der Waals surface area contributed by atoms with Gasteiger partial charge in [0.1, 0.15) is 5.75 Å². The van der Waals surface area contributed by atoms with E-state index in [9.17, 15) is 9.90 Å². The summed E-state index contributed by atoms with van der Waals surface area (Å²) < 4.78 is 0. The maximum atomic E-state index is 12.6. The van der Waals surface area contributed by atoms with E-state index in [4.69, 9.17) is 0 Å². The molecule has 3 aromatic rings. The van der Waals surface area contributed by atoms with Crippen molar-refractivity contribution in [3.63, 3.8) is 0 Å². The summed E-state index contributed by atoms with van der Waals surface area (Å²) in [6.07, 6.45) is 0. The average Bonchev–Trinajstić information content (AvgIpc) is 2.55. The molecule has 0 bridgehead atoms. The Kier molecular flexibility index (Phi) is 3.44. The van der Waals surface area contributed by atoms with Gasteiger partial charge in [0.25, 0.3) is 0 Å². The van der Waals surface area contributed by atoms with Crippen molar-refractivity contribution < 1.29 is 9.90 Å². The topological polar surface area (TPSA) is 37.3 Å². The van der Waals surface area contributed by atoms with Gasteiger partial charge in [-0.2, -0.15) is 0 Å². The summed E-state index contributed by atoms with van der Waals surface area (Å²) in [4.78, 5) is 12.6. The number of aromatic hydroxyl groups is 1. The van der Waals surface area contributed by atoms with Crippen LogP contribution >= 0.6 is 0 Å². The van der Waals surface area contributed by atoms with Crippen molar-refractivity contribution in [2.45, 2.75) is 12.8 Å². The Balaban J connectivity index is 2.04. The number of benzene rings is 3. The van der Waals surface area contributed by atoms with E-state index in [2.05, 4.69) is 0 Å². The lowest BCUT2D eigenvalue weighted by Crippen LogP contribution is -2.09. The van der Waals surface area contributed by atoms with Crippen LogP contribution in [0.1, 0.15) is 28.8 Å². The van der Waals surface area contributed by atoms with E-state index >= 15 is 0 Å². The smallest absolute Gasteiger partial charge is 0.173 e. The number of phenols is 1. The second kappa shape index (κ2) is 5.41. The van der Waals surface area contributed by atoms with E-state index in [0.717, 1.165) is 10.9 Å². The number of ketones is 1. The van der Waals surface area contributed by atoms with Crippen molar-refractivity contribution in [2.24, 2.45) is 0 Å². The molecule has 0 aliphatic carbocycles. The molecular formula is C19H16O2. The molecule has 3 aromatic carbocycles. The predicted octanol–water partition coefficient (Wildman–Crippen LogP) is 4.53. The average molecular weight is 276 g/mol. The summed E-state index contributed by atoms with van der Waals surface area (Å²) in [6.45, 7) is 1.87. The first-order valence-corrected chi connectivity index (χ1v) is 6.98. The molecule has 1 N–H and O–H groups in total. The monoisotopic (exact) mass is 276 g/mol. The van der Waals surface area contributed by atoms with Gasteiger partial charge in [-0.25, -0.2) is 0 Å². The highest BCUT2D eigenvalue weighted by Gasteiger charge is 2.20. The van der Waals surface area contributed by atoms with Gasteiger partial charge in [0.15, 0.2) is 5.78 Å². The molecule has 0 heterocycles. The maximum Gasteiger partial charge on any atom is 0.173 e. The van der Waals surface area contributed by atoms with E-state index in [1.54, 1.807) is 6.07 Å². The van der Waals surface area contributed by atoms with Crippen molar-refractivity contribution >= 4 is 16.6 Å². The van der Waals surface area contributed by atoms with Gasteiger partial charge in [-0.3, -0.25) is 4.79 Å². The molecule has 1 atom stereocenters. The Morgan fingerprint density at radius 2 is 1.57 bits per heavy atom. The van der Waals surface area contributed by atoms with Gasteiger partial charge in [-0.05, 0) is 17.0 Å². The fraction of sp³-hybridized carbons (Fsp3) is 0.105. The molecular weight excluding hydrogens is 260 g/mol. The summed E-state index contributed by atoms with van der Waals surface area (Å²) >= 11 is 0. The summed E-state index contributed by atoms with van der Waals surface area (Å²) in [5, 5.41) is 12.0. The minimum absolute atomic E-state index is 0.0653. The molecule has 0 fully saturated rings. The number of carbonyl (C=O) groups excluding carboxylic acids is 1. The SMILES string of the molecule is CC(C(=O)c1ccc2ccccc2c1O)c1ccccc1. The maximum absolute atomic E-state index is 12.6. The largest absolute Gasteiger partial charge is 0.507 e. The highest BCUT2D eigenvalue weighted by atomic mass is 16.3. The molecule has 3 rings (SSSR count). The quantitative estimate of drug-likeness (QED) is 0.713. The second-order valence-electron chi connectivity index (χ2n) is 5.18. The third-order valence-electron chi connectivity index (χ3n) is 3.86. The van der Waals surface area contributed by atoms with Crippen LogP contribution in [0.25, 0.3) is 10.8 Å². The van der Waals surface area contributed by atoms with Crippen LogP contribution in [0.15, 0.2) is 66.7 Å². The molecule has 0 saturated carbocycles. The molecule has 0 saturated heterocycles. The van der Waals surface area contributed by atoms with E-state index in [0.29, 0.717) is 10.9 Å². The summed E-state index contributed by atoms with van der Waals surface area (Å²) in [5.41, 5.74) is 1.33. The van der Waals surface area contributed by atoms with Crippen molar-refractivity contribution in [1.29, 1.82) is 0 Å². The van der Waals surface area contributed by atoms with Crippen LogP contribution < -0.4 is 0 Å². The van der Waals surface area contributed by atoms with Gasteiger partial charge in [0, 0.05) is 11.3 Å². The molecule has 0 aliphatic rings. The van der Waals surface area contributed by atoms with Gasteiger partial charge >= 0.3 is 0 Å². The Labute approximate surface area is 123 Å². The second-order valence-corrected chi connectivity index (χ2v) is 5.18. The first-order valence-electron chi connectivity index (χ1n) is 6.98. The zero-order chi connectivity index (χ0) is 14.8. The number of Topliss-reactive ketones (excluding diaryl/α,β-unsaturated/α-hetero) is 1. The molecule has 0 radical (unpaired) electrons. The number of phenolic OH excluding ortho intramolecular Hbond substituents is 1. The van der Waals surface area contributed by atoms with Crippen molar-refractivity contribution in [2.75, 3.05) is 0 Å². The fourth-order valence-corrected chi connectivity index (χ4v) is 2.58. The number of fused-ring (bicyclic) bond motifs is 1. The Hall–Kier alpha value is -2.61. The molecule has 104 valence electrons. The minimum Gasteiger partial charge on any atom is -0.507 e. The van der Waals surface area contributed by atoms with Gasteiger partial charge in [-0.1, -0.05) is 67.6 Å². The van der Waals surface area contributed by atoms with Gasteiger partial charge in [-0.15, -0.1) is 0 Å². The first-order chi connectivity index (χ1) is 10.2. The zero-order valence-electron chi connectivity index (χ0n) is 11.8. The van der Waals surface area contributed by atoms with E-state index in [1.165, 1.54) is 0 Å². The molecule has 0 aromatic heterocycles. The molecule has 2 heteroatoms. The molecule has 0 amide bonds. The zero-order valence-corrected chi connectivity index (χ0v) is 11.8. The van der Waals surface area contributed by atoms with Crippen LogP contribution in [0.4, 0.5) is 0 Å². The lowest BCUT2D eigenvalue weighted by atomic mass is 9.91. The van der Waals surface area contributed by atoms with Crippen molar-refractivity contribution in [3.05, 3.63) is 77.9 Å². The number of carbonyl (C=O) groups is 1. The number of rotatable bonds is 3. The number of hydrogen-bond acceptors (Lipinski definition) is 2.